The Kier molecular flexibility index (Phi) is 6.84. The summed E-state index contributed by atoms with van der Waals surface area (Å²) in [6, 6.07) is 13.0. The minimum absolute atomic E-state index is 0.00886. The fraction of sp³-hybridized carbons (Fsp3) is 0.273. The first-order chi connectivity index (χ1) is 14.4. The van der Waals surface area contributed by atoms with E-state index in [1.54, 1.807) is 69.6 Å². The van der Waals surface area contributed by atoms with Gasteiger partial charge in [0.2, 0.25) is 0 Å². The van der Waals surface area contributed by atoms with Crippen LogP contribution < -0.4 is 14.8 Å². The number of carbonyl (C=O) groups excluding carboxylic acids is 2. The van der Waals surface area contributed by atoms with Crippen molar-refractivity contribution in [2.75, 3.05) is 27.4 Å². The van der Waals surface area contributed by atoms with Gasteiger partial charge in [-0.25, -0.2) is 9.59 Å². The van der Waals surface area contributed by atoms with Crippen molar-refractivity contribution in [1.29, 1.82) is 0 Å². The maximum atomic E-state index is 12.9. The van der Waals surface area contributed by atoms with Crippen molar-refractivity contribution in [3.63, 3.8) is 0 Å². The molecule has 8 heteroatoms. The molecule has 7 nitrogen and oxygen atoms in total. The summed E-state index contributed by atoms with van der Waals surface area (Å²) in [6.07, 6.45) is 0. The summed E-state index contributed by atoms with van der Waals surface area (Å²) in [6.45, 7) is 1.93. The second kappa shape index (κ2) is 9.54. The zero-order valence-electron chi connectivity index (χ0n) is 17.0. The van der Waals surface area contributed by atoms with Gasteiger partial charge in [0.25, 0.3) is 0 Å². The van der Waals surface area contributed by atoms with Crippen LogP contribution in [0.25, 0.3) is 0 Å². The van der Waals surface area contributed by atoms with Crippen LogP contribution in [0.1, 0.15) is 18.5 Å². The van der Waals surface area contributed by atoms with Gasteiger partial charge >= 0.3 is 12.0 Å². The standard InChI is InChI=1S/C22H23ClN2O5/c1-4-29-21(26)19-18(13-30-17-7-5-6-15(23)12-17)25(2)22(27)24-20(19)14-8-10-16(28-3)11-9-14/h5-12,20H,4,13H2,1-3H3,(H,24,27)/t20-/m1/s1. The van der Waals surface area contributed by atoms with E-state index in [0.717, 1.165) is 5.56 Å². The summed E-state index contributed by atoms with van der Waals surface area (Å²) < 4.78 is 16.3. The number of halogens is 1. The summed E-state index contributed by atoms with van der Waals surface area (Å²) in [5, 5.41) is 3.38. The zero-order chi connectivity index (χ0) is 21.7. The predicted octanol–water partition coefficient (Wildman–Crippen LogP) is 3.94. The Morgan fingerprint density at radius 1 is 1.17 bits per heavy atom. The fourth-order valence-corrected chi connectivity index (χ4v) is 3.32. The van der Waals surface area contributed by atoms with Crippen molar-refractivity contribution in [3.05, 3.63) is 70.4 Å². The normalized spacial score (nSPS) is 16.2. The molecule has 1 N–H and O–H groups in total. The lowest BCUT2D eigenvalue weighted by Gasteiger charge is -2.34. The molecule has 0 unspecified atom stereocenters. The van der Waals surface area contributed by atoms with Crippen LogP contribution in [0.15, 0.2) is 59.8 Å². The fourth-order valence-electron chi connectivity index (χ4n) is 3.14. The van der Waals surface area contributed by atoms with E-state index in [1.165, 1.54) is 4.90 Å². The van der Waals surface area contributed by atoms with Crippen molar-refractivity contribution in [2.45, 2.75) is 13.0 Å². The number of rotatable bonds is 7. The minimum Gasteiger partial charge on any atom is -0.497 e. The van der Waals surface area contributed by atoms with E-state index in [0.29, 0.717) is 27.8 Å². The van der Waals surface area contributed by atoms with Crippen LogP contribution in [-0.2, 0) is 9.53 Å². The SMILES string of the molecule is CCOC(=O)C1=C(COc2cccc(Cl)c2)N(C)C(=O)N[C@@H]1c1ccc(OC)cc1. The van der Waals surface area contributed by atoms with Gasteiger partial charge in [-0.05, 0) is 42.8 Å². The molecule has 0 aliphatic carbocycles. The van der Waals surface area contributed by atoms with Gasteiger partial charge in [0.05, 0.1) is 31.0 Å². The number of amides is 2. The summed E-state index contributed by atoms with van der Waals surface area (Å²) in [7, 11) is 3.15. The molecule has 1 aliphatic heterocycles. The number of nitrogens with zero attached hydrogens (tertiary/aromatic N) is 1. The van der Waals surface area contributed by atoms with Crippen LogP contribution in [0, 0.1) is 0 Å². The second-order valence-corrected chi connectivity index (χ2v) is 6.98. The number of urea groups is 1. The number of esters is 1. The molecule has 0 fully saturated rings. The maximum Gasteiger partial charge on any atom is 0.338 e. The number of ether oxygens (including phenoxy) is 3. The highest BCUT2D eigenvalue weighted by molar-refractivity contribution is 6.30. The molecular weight excluding hydrogens is 408 g/mol. The van der Waals surface area contributed by atoms with Gasteiger partial charge in [0.15, 0.2) is 0 Å². The minimum atomic E-state index is -0.684. The van der Waals surface area contributed by atoms with Crippen LogP contribution in [0.2, 0.25) is 5.02 Å². The molecule has 2 amide bonds. The Balaban J connectivity index is 2.01. The maximum absolute atomic E-state index is 12.9. The quantitative estimate of drug-likeness (QED) is 0.673. The Morgan fingerprint density at radius 3 is 2.53 bits per heavy atom. The lowest BCUT2D eigenvalue weighted by molar-refractivity contribution is -0.139. The highest BCUT2D eigenvalue weighted by Gasteiger charge is 2.37. The van der Waals surface area contributed by atoms with Gasteiger partial charge in [-0.2, -0.15) is 0 Å². The molecule has 2 aromatic rings. The monoisotopic (exact) mass is 430 g/mol. The predicted molar refractivity (Wildman–Crippen MR) is 113 cm³/mol. The van der Waals surface area contributed by atoms with Crippen LogP contribution in [0.4, 0.5) is 4.79 Å². The second-order valence-electron chi connectivity index (χ2n) is 6.54. The van der Waals surface area contributed by atoms with E-state index in [-0.39, 0.29) is 19.2 Å². The van der Waals surface area contributed by atoms with Crippen LogP contribution in [0.3, 0.4) is 0 Å². The highest BCUT2D eigenvalue weighted by Crippen LogP contribution is 2.32. The molecular formula is C22H23ClN2O5. The summed E-state index contributed by atoms with van der Waals surface area (Å²) >= 11 is 6.02. The van der Waals surface area contributed by atoms with Crippen molar-refractivity contribution >= 4 is 23.6 Å². The van der Waals surface area contributed by atoms with Gasteiger partial charge in [-0.3, -0.25) is 4.90 Å². The lowest BCUT2D eigenvalue weighted by atomic mass is 9.94. The Labute approximate surface area is 180 Å². The van der Waals surface area contributed by atoms with E-state index in [1.807, 2.05) is 0 Å². The Hall–Kier alpha value is -3.19. The molecule has 0 radical (unpaired) electrons. The summed E-state index contributed by atoms with van der Waals surface area (Å²) in [5.74, 6) is 0.678. The number of methoxy groups -OCH3 is 1. The van der Waals surface area contributed by atoms with Gasteiger partial charge in [-0.1, -0.05) is 29.8 Å². The number of benzene rings is 2. The van der Waals surface area contributed by atoms with Crippen molar-refractivity contribution in [3.8, 4) is 11.5 Å². The first kappa shape index (κ1) is 21.5. The number of carbonyl (C=O) groups is 2. The van der Waals surface area contributed by atoms with E-state index in [4.69, 9.17) is 25.8 Å². The van der Waals surface area contributed by atoms with Gasteiger partial charge in [-0.15, -0.1) is 0 Å². The Morgan fingerprint density at radius 2 is 1.90 bits per heavy atom. The molecule has 1 heterocycles. The van der Waals surface area contributed by atoms with E-state index in [2.05, 4.69) is 5.32 Å². The molecule has 0 bridgehead atoms. The molecule has 1 aliphatic rings. The van der Waals surface area contributed by atoms with E-state index in [9.17, 15) is 9.59 Å². The molecule has 0 saturated carbocycles. The first-order valence-electron chi connectivity index (χ1n) is 9.41. The molecule has 2 aromatic carbocycles. The highest BCUT2D eigenvalue weighted by atomic mass is 35.5. The first-order valence-corrected chi connectivity index (χ1v) is 9.79. The molecule has 3 rings (SSSR count). The molecule has 0 spiro atoms. The molecule has 0 saturated heterocycles. The van der Waals surface area contributed by atoms with Crippen LogP contribution >= 0.6 is 11.6 Å². The van der Waals surface area contributed by atoms with Crippen molar-refractivity contribution in [1.82, 2.24) is 10.2 Å². The average molecular weight is 431 g/mol. The zero-order valence-corrected chi connectivity index (χ0v) is 17.7. The summed E-state index contributed by atoms with van der Waals surface area (Å²) in [5.41, 5.74) is 1.45. The number of hydrogen-bond acceptors (Lipinski definition) is 5. The van der Waals surface area contributed by atoms with Crippen molar-refractivity contribution < 1.29 is 23.8 Å². The lowest BCUT2D eigenvalue weighted by Crippen LogP contribution is -2.48. The molecule has 0 aromatic heterocycles. The third kappa shape index (κ3) is 4.68. The largest absolute Gasteiger partial charge is 0.497 e. The van der Waals surface area contributed by atoms with Crippen LogP contribution in [0.5, 0.6) is 11.5 Å². The average Bonchev–Trinajstić information content (AvgIpc) is 2.74. The molecule has 158 valence electrons. The topological polar surface area (TPSA) is 77.1 Å². The van der Waals surface area contributed by atoms with Crippen molar-refractivity contribution in [2.24, 2.45) is 0 Å². The number of nitrogens with one attached hydrogen (secondary N) is 1. The van der Waals surface area contributed by atoms with Gasteiger partial charge in [0.1, 0.15) is 18.1 Å². The molecule has 1 atom stereocenters. The third-order valence-electron chi connectivity index (χ3n) is 4.69. The number of likely N-dealkylation sites (N-methyl/N-ethyl adjacent to an activating group) is 1. The number of hydrogen-bond donors (Lipinski definition) is 1. The van der Waals surface area contributed by atoms with Crippen LogP contribution in [-0.4, -0.2) is 44.3 Å². The smallest absolute Gasteiger partial charge is 0.338 e. The van der Waals surface area contributed by atoms with E-state index < -0.39 is 12.0 Å². The Bertz CT molecular complexity index is 958. The third-order valence-corrected chi connectivity index (χ3v) is 4.93. The van der Waals surface area contributed by atoms with Gasteiger partial charge < -0.3 is 19.5 Å². The molecule has 30 heavy (non-hydrogen) atoms. The van der Waals surface area contributed by atoms with Gasteiger partial charge in [0, 0.05) is 12.1 Å². The van der Waals surface area contributed by atoms with E-state index >= 15 is 0 Å². The summed E-state index contributed by atoms with van der Waals surface area (Å²) in [4.78, 5) is 26.9.